The van der Waals surface area contributed by atoms with E-state index in [-0.39, 0.29) is 0 Å². The van der Waals surface area contributed by atoms with Gasteiger partial charge in [-0.3, -0.25) is 0 Å². The molecular formula is C13H18N4O2. The van der Waals surface area contributed by atoms with E-state index in [4.69, 9.17) is 10.3 Å². The SMILES string of the molecule is CC(c1ccccc1)N(N=[N+]=[N-])C(=O)OC(C)(C)C. The molecule has 0 saturated carbocycles. The topological polar surface area (TPSA) is 78.3 Å². The molecule has 102 valence electrons. The zero-order chi connectivity index (χ0) is 14.5. The summed E-state index contributed by atoms with van der Waals surface area (Å²) in [5, 5.41) is 4.42. The Bertz CT molecular complexity index is 475. The lowest BCUT2D eigenvalue weighted by molar-refractivity contribution is 0.0173. The molecule has 0 radical (unpaired) electrons. The summed E-state index contributed by atoms with van der Waals surface area (Å²) >= 11 is 0. The average molecular weight is 262 g/mol. The molecule has 0 bridgehead atoms. The number of carbonyl (C=O) groups is 1. The van der Waals surface area contributed by atoms with Crippen molar-refractivity contribution < 1.29 is 9.53 Å². The molecule has 19 heavy (non-hydrogen) atoms. The predicted octanol–water partition coefficient (Wildman–Crippen LogP) is 4.21. The number of amides is 1. The minimum Gasteiger partial charge on any atom is -0.425 e. The summed E-state index contributed by atoms with van der Waals surface area (Å²) in [5.74, 6) is 0. The number of rotatable bonds is 3. The van der Waals surface area contributed by atoms with E-state index in [1.54, 1.807) is 27.7 Å². The maximum atomic E-state index is 12.0. The Morgan fingerprint density at radius 1 is 1.37 bits per heavy atom. The fraction of sp³-hybridized carbons (Fsp3) is 0.462. The van der Waals surface area contributed by atoms with Crippen molar-refractivity contribution in [3.8, 4) is 0 Å². The lowest BCUT2D eigenvalue weighted by Crippen LogP contribution is -2.34. The van der Waals surface area contributed by atoms with Gasteiger partial charge in [0.1, 0.15) is 11.6 Å². The molecule has 0 heterocycles. The summed E-state index contributed by atoms with van der Waals surface area (Å²) in [6.45, 7) is 7.04. The van der Waals surface area contributed by atoms with Gasteiger partial charge in [-0.25, -0.2) is 0 Å². The molecule has 1 unspecified atom stereocenters. The first kappa shape index (κ1) is 14.9. The molecular weight excluding hydrogens is 244 g/mol. The van der Waals surface area contributed by atoms with E-state index in [9.17, 15) is 4.79 Å². The molecule has 6 heteroatoms. The molecule has 0 aliphatic carbocycles. The number of hydrogen-bond acceptors (Lipinski definition) is 3. The van der Waals surface area contributed by atoms with Crippen LogP contribution >= 0.6 is 0 Å². The number of ether oxygens (including phenoxy) is 1. The van der Waals surface area contributed by atoms with Gasteiger partial charge >= 0.3 is 6.09 Å². The van der Waals surface area contributed by atoms with Crippen LogP contribution < -0.4 is 0 Å². The van der Waals surface area contributed by atoms with E-state index in [0.717, 1.165) is 10.6 Å². The summed E-state index contributed by atoms with van der Waals surface area (Å²) in [5.41, 5.74) is 8.81. The molecule has 1 amide bonds. The Morgan fingerprint density at radius 3 is 2.42 bits per heavy atom. The molecule has 0 fully saturated rings. The largest absolute Gasteiger partial charge is 0.511 e. The van der Waals surface area contributed by atoms with Gasteiger partial charge in [0, 0.05) is 0 Å². The van der Waals surface area contributed by atoms with Gasteiger partial charge in [0.15, 0.2) is 0 Å². The molecule has 0 N–H and O–H groups in total. The van der Waals surface area contributed by atoms with Gasteiger partial charge < -0.3 is 4.74 Å². The van der Waals surface area contributed by atoms with Crippen LogP contribution in [0.4, 0.5) is 4.79 Å². The Morgan fingerprint density at radius 2 is 1.95 bits per heavy atom. The normalized spacial score (nSPS) is 12.2. The van der Waals surface area contributed by atoms with Crippen molar-refractivity contribution in [2.75, 3.05) is 0 Å². The van der Waals surface area contributed by atoms with E-state index in [2.05, 4.69) is 10.1 Å². The second-order valence-electron chi connectivity index (χ2n) is 5.09. The van der Waals surface area contributed by atoms with Crippen LogP contribution in [0.2, 0.25) is 0 Å². The number of azide groups is 1. The predicted molar refractivity (Wildman–Crippen MR) is 72.1 cm³/mol. The molecule has 0 spiro atoms. The molecule has 0 aliphatic rings. The van der Waals surface area contributed by atoms with Crippen molar-refractivity contribution in [3.05, 3.63) is 46.3 Å². The van der Waals surface area contributed by atoms with Crippen molar-refractivity contribution >= 4 is 6.09 Å². The lowest BCUT2D eigenvalue weighted by Gasteiger charge is -2.24. The highest BCUT2D eigenvalue weighted by Gasteiger charge is 2.30. The van der Waals surface area contributed by atoms with Gasteiger partial charge in [-0.05, 0) is 38.5 Å². The summed E-state index contributed by atoms with van der Waals surface area (Å²) in [6, 6.07) is 8.91. The fourth-order valence-corrected chi connectivity index (χ4v) is 1.50. The average Bonchev–Trinajstić information content (AvgIpc) is 2.34. The number of benzene rings is 1. The monoisotopic (exact) mass is 262 g/mol. The number of carbonyl (C=O) groups excluding carboxylic acids is 1. The summed E-state index contributed by atoms with van der Waals surface area (Å²) < 4.78 is 5.22. The zero-order valence-corrected chi connectivity index (χ0v) is 11.6. The second-order valence-corrected chi connectivity index (χ2v) is 5.09. The molecule has 1 aromatic rings. The van der Waals surface area contributed by atoms with E-state index in [1.807, 2.05) is 30.3 Å². The first-order valence-electron chi connectivity index (χ1n) is 5.97. The first-order chi connectivity index (χ1) is 8.85. The smallest absolute Gasteiger partial charge is 0.425 e. The van der Waals surface area contributed by atoms with Crippen LogP contribution in [0.3, 0.4) is 0 Å². The highest BCUT2D eigenvalue weighted by molar-refractivity contribution is 5.68. The third-order valence-corrected chi connectivity index (χ3v) is 2.37. The zero-order valence-electron chi connectivity index (χ0n) is 11.6. The van der Waals surface area contributed by atoms with E-state index >= 15 is 0 Å². The van der Waals surface area contributed by atoms with Crippen LogP contribution in [0.25, 0.3) is 10.4 Å². The Labute approximate surface area is 112 Å². The third kappa shape index (κ3) is 4.52. The van der Waals surface area contributed by atoms with Crippen molar-refractivity contribution in [2.45, 2.75) is 39.3 Å². The minimum atomic E-state index is -0.665. The molecule has 1 rings (SSSR count). The van der Waals surface area contributed by atoms with Gasteiger partial charge in [0.2, 0.25) is 0 Å². The van der Waals surface area contributed by atoms with Crippen LogP contribution in [0.1, 0.15) is 39.3 Å². The first-order valence-corrected chi connectivity index (χ1v) is 5.97. The lowest BCUT2D eigenvalue weighted by atomic mass is 10.1. The van der Waals surface area contributed by atoms with Gasteiger partial charge in [-0.15, -0.1) is 10.5 Å². The summed E-state index contributed by atoms with van der Waals surface area (Å²) in [7, 11) is 0. The number of hydrogen-bond donors (Lipinski definition) is 0. The maximum absolute atomic E-state index is 12.0. The quantitative estimate of drug-likeness (QED) is 0.354. The van der Waals surface area contributed by atoms with Crippen molar-refractivity contribution in [1.29, 1.82) is 0 Å². The van der Waals surface area contributed by atoms with Gasteiger partial charge in [-0.1, -0.05) is 30.3 Å². The van der Waals surface area contributed by atoms with Crippen molar-refractivity contribution in [2.24, 2.45) is 5.22 Å². The fourth-order valence-electron chi connectivity index (χ4n) is 1.50. The molecule has 1 aromatic carbocycles. The molecule has 6 nitrogen and oxygen atoms in total. The van der Waals surface area contributed by atoms with Crippen LogP contribution in [0.5, 0.6) is 0 Å². The van der Waals surface area contributed by atoms with Crippen LogP contribution in [-0.2, 0) is 4.74 Å². The molecule has 0 saturated heterocycles. The summed E-state index contributed by atoms with van der Waals surface area (Å²) in [6.07, 6.45) is -0.665. The minimum absolute atomic E-state index is 0.396. The Balaban J connectivity index is 2.95. The van der Waals surface area contributed by atoms with E-state index < -0.39 is 17.7 Å². The van der Waals surface area contributed by atoms with E-state index in [0.29, 0.717) is 0 Å². The van der Waals surface area contributed by atoms with Gasteiger partial charge in [-0.2, -0.15) is 9.71 Å². The van der Waals surface area contributed by atoms with E-state index in [1.165, 1.54) is 0 Å². The Kier molecular flexibility index (Phi) is 4.78. The van der Waals surface area contributed by atoms with Gasteiger partial charge in [0.05, 0.1) is 0 Å². The second kappa shape index (κ2) is 6.11. The highest BCUT2D eigenvalue weighted by atomic mass is 16.6. The molecule has 1 atom stereocenters. The van der Waals surface area contributed by atoms with Crippen molar-refractivity contribution in [3.63, 3.8) is 0 Å². The molecule has 0 aliphatic heterocycles. The standard InChI is InChI=1S/C13H18N4O2/c1-10(11-8-6-5-7-9-11)17(16-15-14)12(18)19-13(2,3)4/h5-10H,1-4H3. The van der Waals surface area contributed by atoms with Crippen LogP contribution in [0, 0.1) is 0 Å². The van der Waals surface area contributed by atoms with Crippen molar-refractivity contribution in [1.82, 2.24) is 5.01 Å². The Hall–Kier alpha value is -2.20. The van der Waals surface area contributed by atoms with Gasteiger partial charge in [0.25, 0.3) is 0 Å². The van der Waals surface area contributed by atoms with Crippen LogP contribution in [-0.4, -0.2) is 16.7 Å². The molecule has 0 aromatic heterocycles. The third-order valence-electron chi connectivity index (χ3n) is 2.37. The highest BCUT2D eigenvalue weighted by Crippen LogP contribution is 2.23. The van der Waals surface area contributed by atoms with Crippen LogP contribution in [0.15, 0.2) is 35.6 Å². The maximum Gasteiger partial charge on any atom is 0.511 e. The summed E-state index contributed by atoms with van der Waals surface area (Å²) in [4.78, 5) is 14.7. The number of nitrogens with zero attached hydrogens (tertiary/aromatic N) is 4.